The Morgan fingerprint density at radius 1 is 1.41 bits per heavy atom. The molecule has 1 saturated heterocycles. The molecule has 2 heterocycles. The van der Waals surface area contributed by atoms with Gasteiger partial charge in [0.25, 0.3) is 5.91 Å². The first-order chi connectivity index (χ1) is 15.4. The van der Waals surface area contributed by atoms with Gasteiger partial charge in [-0.25, -0.2) is 4.79 Å². The van der Waals surface area contributed by atoms with Crippen molar-refractivity contribution in [3.05, 3.63) is 30.0 Å². The Hall–Kier alpha value is -3.74. The number of aromatic nitrogens is 1. The summed E-state index contributed by atoms with van der Waals surface area (Å²) in [5.41, 5.74) is 6.54. The molecule has 4 N–H and O–H groups in total. The molecule has 2 fully saturated rings. The summed E-state index contributed by atoms with van der Waals surface area (Å²) in [5, 5.41) is 15.7. The van der Waals surface area contributed by atoms with Crippen LogP contribution >= 0.6 is 0 Å². The van der Waals surface area contributed by atoms with Crippen LogP contribution in [-0.2, 0) is 4.79 Å². The van der Waals surface area contributed by atoms with Gasteiger partial charge in [-0.05, 0) is 30.5 Å². The van der Waals surface area contributed by atoms with Crippen molar-refractivity contribution in [3.8, 4) is 11.8 Å². The molecule has 1 aromatic heterocycles. The zero-order valence-corrected chi connectivity index (χ0v) is 17.8. The lowest BCUT2D eigenvalue weighted by molar-refractivity contribution is -0.125. The zero-order chi connectivity index (χ0) is 22.8. The van der Waals surface area contributed by atoms with Crippen molar-refractivity contribution >= 4 is 28.7 Å². The molecule has 2 aromatic rings. The predicted octanol–water partition coefficient (Wildman–Crippen LogP) is 1.12. The molecule has 0 bridgehead atoms. The highest BCUT2D eigenvalue weighted by Gasteiger charge is 2.35. The number of ether oxygens (including phenoxy) is 1. The molecular weight excluding hydrogens is 412 g/mol. The van der Waals surface area contributed by atoms with Crippen LogP contribution in [0.15, 0.2) is 24.3 Å². The maximum Gasteiger partial charge on any atom is 0.317 e. The SMILES string of the molecule is COc1cccc2c1cc(C(N)=O)n2[C@@H](CC1CC1)C(=O)N[C@H](C#N)CN1CCNC1=O. The number of hydrogen-bond acceptors (Lipinski definition) is 5. The van der Waals surface area contributed by atoms with E-state index in [4.69, 9.17) is 10.5 Å². The highest BCUT2D eigenvalue weighted by atomic mass is 16.5. The topological polar surface area (TPSA) is 142 Å². The minimum absolute atomic E-state index is 0.0904. The molecule has 10 nitrogen and oxygen atoms in total. The third kappa shape index (κ3) is 4.19. The number of nitrogens with one attached hydrogen (secondary N) is 2. The third-order valence-corrected chi connectivity index (χ3v) is 6.00. The zero-order valence-electron chi connectivity index (χ0n) is 17.8. The van der Waals surface area contributed by atoms with Gasteiger partial charge in [-0.1, -0.05) is 18.9 Å². The van der Waals surface area contributed by atoms with Crippen LogP contribution in [0.3, 0.4) is 0 Å². The number of amides is 4. The fourth-order valence-electron chi connectivity index (χ4n) is 4.22. The van der Waals surface area contributed by atoms with Gasteiger partial charge < -0.3 is 30.6 Å². The van der Waals surface area contributed by atoms with E-state index in [2.05, 4.69) is 16.7 Å². The summed E-state index contributed by atoms with van der Waals surface area (Å²) in [6.45, 7) is 1.08. The number of benzene rings is 1. The van der Waals surface area contributed by atoms with Crippen molar-refractivity contribution in [1.29, 1.82) is 5.26 Å². The number of urea groups is 1. The van der Waals surface area contributed by atoms with Crippen LogP contribution in [0.5, 0.6) is 5.75 Å². The average Bonchev–Trinajstić information content (AvgIpc) is 3.39. The number of nitrogens with two attached hydrogens (primary N) is 1. The number of primary amides is 1. The number of carbonyl (C=O) groups is 3. The summed E-state index contributed by atoms with van der Waals surface area (Å²) in [4.78, 5) is 39.0. The second-order valence-electron chi connectivity index (χ2n) is 8.22. The van der Waals surface area contributed by atoms with Crippen molar-refractivity contribution < 1.29 is 19.1 Å². The first-order valence-electron chi connectivity index (χ1n) is 10.6. The van der Waals surface area contributed by atoms with Crippen LogP contribution in [0.25, 0.3) is 10.9 Å². The molecule has 1 aromatic carbocycles. The summed E-state index contributed by atoms with van der Waals surface area (Å²) in [6, 6.07) is 7.23. The average molecular weight is 438 g/mol. The summed E-state index contributed by atoms with van der Waals surface area (Å²) in [7, 11) is 1.54. The third-order valence-electron chi connectivity index (χ3n) is 6.00. The van der Waals surface area contributed by atoms with E-state index >= 15 is 0 Å². The second-order valence-corrected chi connectivity index (χ2v) is 8.22. The van der Waals surface area contributed by atoms with Crippen LogP contribution in [0.2, 0.25) is 0 Å². The lowest BCUT2D eigenvalue weighted by Gasteiger charge is -2.24. The van der Waals surface area contributed by atoms with Crippen molar-refractivity contribution in [2.24, 2.45) is 11.7 Å². The van der Waals surface area contributed by atoms with Crippen LogP contribution < -0.4 is 21.1 Å². The van der Waals surface area contributed by atoms with Gasteiger partial charge in [0.05, 0.1) is 25.2 Å². The van der Waals surface area contributed by atoms with E-state index in [9.17, 15) is 19.6 Å². The van der Waals surface area contributed by atoms with Gasteiger partial charge in [0.1, 0.15) is 23.5 Å². The van der Waals surface area contributed by atoms with Gasteiger partial charge in [-0.2, -0.15) is 5.26 Å². The van der Waals surface area contributed by atoms with E-state index in [0.29, 0.717) is 42.1 Å². The van der Waals surface area contributed by atoms with Crippen LogP contribution in [0, 0.1) is 17.2 Å². The van der Waals surface area contributed by atoms with Gasteiger partial charge in [0, 0.05) is 18.5 Å². The van der Waals surface area contributed by atoms with E-state index < -0.39 is 18.0 Å². The molecule has 4 amide bonds. The first kappa shape index (κ1) is 21.5. The maximum absolute atomic E-state index is 13.4. The summed E-state index contributed by atoms with van der Waals surface area (Å²) < 4.78 is 7.08. The van der Waals surface area contributed by atoms with Gasteiger partial charge >= 0.3 is 6.03 Å². The Morgan fingerprint density at radius 2 is 2.19 bits per heavy atom. The van der Waals surface area contributed by atoms with E-state index in [0.717, 1.165) is 12.8 Å². The predicted molar refractivity (Wildman–Crippen MR) is 116 cm³/mol. The smallest absolute Gasteiger partial charge is 0.317 e. The number of nitriles is 1. The molecule has 32 heavy (non-hydrogen) atoms. The van der Waals surface area contributed by atoms with Gasteiger partial charge in [-0.3, -0.25) is 9.59 Å². The molecule has 0 spiro atoms. The largest absolute Gasteiger partial charge is 0.496 e. The van der Waals surface area contributed by atoms with Crippen LogP contribution in [0.1, 0.15) is 35.8 Å². The van der Waals surface area contributed by atoms with Crippen LogP contribution in [-0.4, -0.2) is 60.1 Å². The number of fused-ring (bicyclic) bond motifs is 1. The Kier molecular flexibility index (Phi) is 5.90. The fraction of sp³-hybridized carbons (Fsp3) is 0.455. The summed E-state index contributed by atoms with van der Waals surface area (Å²) in [6.07, 6.45) is 2.54. The molecule has 10 heteroatoms. The van der Waals surface area contributed by atoms with Crippen molar-refractivity contribution in [2.45, 2.75) is 31.3 Å². The molecular formula is C22H26N6O4. The number of carbonyl (C=O) groups excluding carboxylic acids is 3. The van der Waals surface area contributed by atoms with E-state index in [1.165, 1.54) is 12.0 Å². The minimum atomic E-state index is -0.874. The van der Waals surface area contributed by atoms with Crippen molar-refractivity contribution in [2.75, 3.05) is 26.7 Å². The standard InChI is InChI=1S/C22H26N6O4/c1-32-19-4-2-3-16-15(19)10-17(20(24)29)28(16)18(9-13-5-6-13)21(30)26-14(11-23)12-27-8-7-25-22(27)31/h2-4,10,13-14,18H,5-9,12H2,1H3,(H2,24,29)(H,25,31)(H,26,30)/t14-,18+/m1/s1. The minimum Gasteiger partial charge on any atom is -0.496 e. The second kappa shape index (κ2) is 8.78. The molecule has 2 atom stereocenters. The lowest BCUT2D eigenvalue weighted by Crippen LogP contribution is -2.46. The lowest BCUT2D eigenvalue weighted by atomic mass is 10.1. The molecule has 1 saturated carbocycles. The van der Waals surface area contributed by atoms with E-state index in [1.807, 2.05) is 6.07 Å². The molecule has 1 aliphatic carbocycles. The number of nitrogens with zero attached hydrogens (tertiary/aromatic N) is 3. The highest BCUT2D eigenvalue weighted by Crippen LogP contribution is 2.40. The Balaban J connectivity index is 1.67. The van der Waals surface area contributed by atoms with Crippen LogP contribution in [0.4, 0.5) is 4.79 Å². The normalized spacial score (nSPS) is 17.5. The van der Waals surface area contributed by atoms with Gasteiger partial charge in [0.15, 0.2) is 0 Å². The monoisotopic (exact) mass is 438 g/mol. The summed E-state index contributed by atoms with van der Waals surface area (Å²) >= 11 is 0. The molecule has 1 aliphatic heterocycles. The molecule has 0 radical (unpaired) electrons. The Morgan fingerprint density at radius 3 is 2.78 bits per heavy atom. The van der Waals surface area contributed by atoms with Crippen molar-refractivity contribution in [3.63, 3.8) is 0 Å². The maximum atomic E-state index is 13.4. The fourth-order valence-corrected chi connectivity index (χ4v) is 4.22. The highest BCUT2D eigenvalue weighted by molar-refractivity contribution is 6.01. The molecule has 4 rings (SSSR count). The molecule has 168 valence electrons. The number of rotatable bonds is 9. The number of hydrogen-bond donors (Lipinski definition) is 3. The summed E-state index contributed by atoms with van der Waals surface area (Å²) in [5.74, 6) is -0.1000. The number of methoxy groups -OCH3 is 1. The molecule has 2 aliphatic rings. The first-order valence-corrected chi connectivity index (χ1v) is 10.6. The van der Waals surface area contributed by atoms with E-state index in [-0.39, 0.29) is 24.2 Å². The van der Waals surface area contributed by atoms with Crippen molar-refractivity contribution in [1.82, 2.24) is 20.1 Å². The Bertz CT molecular complexity index is 1100. The van der Waals surface area contributed by atoms with E-state index in [1.54, 1.807) is 22.8 Å². The Labute approximate surface area is 185 Å². The quantitative estimate of drug-likeness (QED) is 0.538. The molecule has 0 unspecified atom stereocenters. The van der Waals surface area contributed by atoms with Gasteiger partial charge in [-0.15, -0.1) is 0 Å². The van der Waals surface area contributed by atoms with Gasteiger partial charge in [0.2, 0.25) is 5.91 Å².